The predicted molar refractivity (Wildman–Crippen MR) is 237 cm³/mol. The van der Waals surface area contributed by atoms with Gasteiger partial charge in [-0.1, -0.05) is 84.9 Å². The number of aromatic hydroxyl groups is 2. The second-order valence-corrected chi connectivity index (χ2v) is 18.3. The third-order valence-electron chi connectivity index (χ3n) is 15.9. The van der Waals surface area contributed by atoms with Crippen LogP contribution < -0.4 is 9.47 Å². The average Bonchev–Trinajstić information content (AvgIpc) is 4.15. The molecule has 2 aliphatic carbocycles. The van der Waals surface area contributed by atoms with E-state index in [1.54, 1.807) is 24.3 Å². The van der Waals surface area contributed by atoms with Crippen molar-refractivity contribution in [1.82, 2.24) is 9.80 Å². The highest BCUT2D eigenvalue weighted by molar-refractivity contribution is 6.23. The van der Waals surface area contributed by atoms with Gasteiger partial charge in [-0.05, 0) is 107 Å². The Morgan fingerprint density at radius 1 is 0.635 bits per heavy atom. The Morgan fingerprint density at radius 2 is 1.08 bits per heavy atom. The van der Waals surface area contributed by atoms with Gasteiger partial charge in [0.2, 0.25) is 0 Å². The van der Waals surface area contributed by atoms with Crippen LogP contribution in [0.25, 0.3) is 21.5 Å². The lowest BCUT2D eigenvalue weighted by atomic mass is 9.67. The first kappa shape index (κ1) is 38.2. The highest BCUT2D eigenvalue weighted by atomic mass is 16.5. The lowest BCUT2D eigenvalue weighted by Gasteiger charge is -2.39. The number of aliphatic hydroxyl groups is 1. The van der Waals surface area contributed by atoms with E-state index in [4.69, 9.17) is 9.47 Å². The van der Waals surface area contributed by atoms with Crippen LogP contribution in [0.3, 0.4) is 0 Å². The number of aliphatic hydroxyl groups excluding tert-OH is 1. The van der Waals surface area contributed by atoms with Crippen LogP contribution in [0.5, 0.6) is 23.0 Å². The maximum Gasteiger partial charge on any atom is 0.189 e. The van der Waals surface area contributed by atoms with Gasteiger partial charge in [-0.2, -0.15) is 0 Å². The zero-order valence-corrected chi connectivity index (χ0v) is 35.0. The number of carbonyl (C=O) groups excluding carboxylic acids is 3. The molecule has 10 heteroatoms. The Balaban J connectivity index is 1.10. The molecule has 2 spiro atoms. The molecule has 3 N–H and O–H groups in total. The van der Waals surface area contributed by atoms with E-state index in [1.165, 1.54) is 20.3 Å². The summed E-state index contributed by atoms with van der Waals surface area (Å²) in [5, 5.41) is 38.3. The van der Waals surface area contributed by atoms with Crippen LogP contribution >= 0.6 is 0 Å². The summed E-state index contributed by atoms with van der Waals surface area (Å²) < 4.78 is 11.2. The fourth-order valence-corrected chi connectivity index (χ4v) is 13.8. The minimum Gasteiger partial charge on any atom is -0.512 e. The molecular formula is C53H46N2O8. The fraction of sp³-hybridized carbons (Fsp3) is 0.302. The highest BCUT2D eigenvalue weighted by Gasteiger charge is 2.71. The van der Waals surface area contributed by atoms with E-state index in [1.807, 2.05) is 84.9 Å². The third kappa shape index (κ3) is 4.72. The van der Waals surface area contributed by atoms with Crippen molar-refractivity contribution in [3.05, 3.63) is 154 Å². The van der Waals surface area contributed by atoms with Crippen molar-refractivity contribution in [1.29, 1.82) is 0 Å². The molecule has 10 nitrogen and oxygen atoms in total. The number of ketones is 3. The number of hydrogen-bond acceptors (Lipinski definition) is 10. The number of phenols is 2. The van der Waals surface area contributed by atoms with E-state index >= 15 is 14.4 Å². The maximum absolute atomic E-state index is 16.1. The first-order chi connectivity index (χ1) is 30.7. The van der Waals surface area contributed by atoms with Crippen LogP contribution in [0.15, 0.2) is 121 Å². The van der Waals surface area contributed by atoms with Gasteiger partial charge in [0, 0.05) is 41.1 Å². The van der Waals surface area contributed by atoms with Gasteiger partial charge in [0.05, 0.1) is 26.1 Å². The van der Waals surface area contributed by atoms with Crippen molar-refractivity contribution >= 4 is 38.9 Å². The minimum absolute atomic E-state index is 0.0286. The summed E-state index contributed by atoms with van der Waals surface area (Å²) in [5.41, 5.74) is 1.51. The fourth-order valence-electron chi connectivity index (χ4n) is 13.8. The summed E-state index contributed by atoms with van der Waals surface area (Å²) in [6, 6.07) is 33.4. The lowest BCUT2D eigenvalue weighted by molar-refractivity contribution is -0.121. The predicted octanol–water partition coefficient (Wildman–Crippen LogP) is 8.67. The van der Waals surface area contributed by atoms with E-state index in [0.717, 1.165) is 69.5 Å². The van der Waals surface area contributed by atoms with Gasteiger partial charge < -0.3 is 24.8 Å². The molecular weight excluding hydrogens is 793 g/mol. The highest BCUT2D eigenvalue weighted by Crippen LogP contribution is 2.65. The monoisotopic (exact) mass is 838 g/mol. The molecule has 6 aliphatic rings. The summed E-state index contributed by atoms with van der Waals surface area (Å²) in [6.45, 7) is 1.20. The zero-order chi connectivity index (χ0) is 43.1. The Hall–Kier alpha value is -6.49. The van der Waals surface area contributed by atoms with Crippen LogP contribution in [0.2, 0.25) is 0 Å². The smallest absolute Gasteiger partial charge is 0.189 e. The molecule has 4 aliphatic heterocycles. The molecule has 12 rings (SSSR count). The molecule has 0 aromatic heterocycles. The quantitative estimate of drug-likeness (QED) is 0.106. The molecule has 316 valence electrons. The topological polar surface area (TPSA) is 137 Å². The molecule has 0 bridgehead atoms. The van der Waals surface area contributed by atoms with Crippen molar-refractivity contribution in [3.63, 3.8) is 0 Å². The molecule has 8 atom stereocenters. The SMILES string of the molecule is COc1cc(C2C3CCCN3[C@]3(C(=O)c4cccc5cccc3c45)C2/C(O)=C/C(=O)[C@@H]2[C@@H](c3ccc(O)c(OC)c3)[C@@H]3CCCN3[C@@]23C(=O)c2cccc4cccc3c24)ccc1O. The molecule has 3 unspecified atom stereocenters. The van der Waals surface area contributed by atoms with E-state index in [2.05, 4.69) is 9.80 Å². The Morgan fingerprint density at radius 3 is 1.56 bits per heavy atom. The number of benzene rings is 6. The van der Waals surface area contributed by atoms with Crippen molar-refractivity contribution < 1.29 is 39.2 Å². The van der Waals surface area contributed by atoms with E-state index in [9.17, 15) is 15.3 Å². The molecule has 6 aromatic carbocycles. The number of hydrogen-bond donors (Lipinski definition) is 3. The van der Waals surface area contributed by atoms with E-state index in [0.29, 0.717) is 24.2 Å². The number of phenolic OH excluding ortho intramolecular Hbond substituents is 2. The lowest BCUT2D eigenvalue weighted by Crippen LogP contribution is -2.52. The Labute approximate surface area is 364 Å². The van der Waals surface area contributed by atoms with Crippen molar-refractivity contribution in [2.24, 2.45) is 11.8 Å². The van der Waals surface area contributed by atoms with Crippen LogP contribution in [0.4, 0.5) is 0 Å². The van der Waals surface area contributed by atoms with E-state index < -0.39 is 40.5 Å². The molecule has 0 saturated carbocycles. The van der Waals surface area contributed by atoms with Crippen molar-refractivity contribution in [3.8, 4) is 23.0 Å². The number of allylic oxidation sites excluding steroid dienone is 1. The summed E-state index contributed by atoms with van der Waals surface area (Å²) in [7, 11) is 2.98. The van der Waals surface area contributed by atoms with Gasteiger partial charge in [0.25, 0.3) is 0 Å². The Kier molecular flexibility index (Phi) is 8.19. The molecule has 0 amide bonds. The minimum atomic E-state index is -1.39. The third-order valence-corrected chi connectivity index (χ3v) is 15.9. The molecule has 4 fully saturated rings. The number of ether oxygens (including phenoxy) is 2. The van der Waals surface area contributed by atoms with Crippen LogP contribution in [-0.2, 0) is 15.9 Å². The zero-order valence-electron chi connectivity index (χ0n) is 35.0. The number of fused-ring (bicyclic) bond motifs is 6. The molecule has 4 heterocycles. The molecule has 0 radical (unpaired) electrons. The number of nitrogens with zero attached hydrogens (tertiary/aromatic N) is 2. The van der Waals surface area contributed by atoms with Crippen LogP contribution in [0.1, 0.15) is 80.5 Å². The van der Waals surface area contributed by atoms with Gasteiger partial charge in [-0.15, -0.1) is 0 Å². The summed E-state index contributed by atoms with van der Waals surface area (Å²) in [5.74, 6) is -3.39. The number of Topliss-reactive ketones (excluding diaryl/α,β-unsaturated/α-hetero) is 2. The largest absolute Gasteiger partial charge is 0.512 e. The second-order valence-electron chi connectivity index (χ2n) is 18.3. The summed E-state index contributed by atoms with van der Waals surface area (Å²) in [4.78, 5) is 51.8. The van der Waals surface area contributed by atoms with Gasteiger partial charge in [0.1, 0.15) is 16.8 Å². The van der Waals surface area contributed by atoms with Gasteiger partial charge in [-0.3, -0.25) is 24.2 Å². The van der Waals surface area contributed by atoms with Crippen molar-refractivity contribution in [2.75, 3.05) is 27.3 Å². The van der Waals surface area contributed by atoms with Gasteiger partial charge in [0.15, 0.2) is 40.3 Å². The van der Waals surface area contributed by atoms with Gasteiger partial charge >= 0.3 is 0 Å². The number of carbonyl (C=O) groups is 3. The number of rotatable bonds is 7. The van der Waals surface area contributed by atoms with E-state index in [-0.39, 0.29) is 52.4 Å². The first-order valence-electron chi connectivity index (χ1n) is 22.0. The second kappa shape index (κ2) is 13.5. The average molecular weight is 839 g/mol. The molecule has 4 saturated heterocycles. The normalized spacial score (nSPS) is 29.5. The maximum atomic E-state index is 16.1. The Bertz CT molecular complexity index is 3020. The summed E-state index contributed by atoms with van der Waals surface area (Å²) in [6.07, 6.45) is 4.50. The first-order valence-corrected chi connectivity index (χ1v) is 22.0. The van der Waals surface area contributed by atoms with Crippen LogP contribution in [-0.4, -0.2) is 81.9 Å². The van der Waals surface area contributed by atoms with Crippen molar-refractivity contribution in [2.45, 2.75) is 60.7 Å². The molecule has 63 heavy (non-hydrogen) atoms. The standard InChI is InChI=1S/C53H46N2O8/c1-62-42-25-30(19-21-38(42)56)46-36-17-7-23-54(36)52(34-15-5-11-28-9-3-13-32(44(28)34)50(52)60)48(46)40(58)27-41(59)49-47(31-20-22-39(57)43(26-31)63-2)37-18-8-24-55(37)53(49)35-16-6-12-29-10-4-14-33(45(29)35)51(53)61/h3-6,9-16,19-22,25-27,36-37,46-49,56-58H,7-8,17-18,23-24H2,1-2H3/b40-27-/t36?,37-,46?,47-,48?,49+,52-,53+/m0/s1. The summed E-state index contributed by atoms with van der Waals surface area (Å²) >= 11 is 0. The van der Waals surface area contributed by atoms with Gasteiger partial charge in [-0.25, -0.2) is 0 Å². The van der Waals surface area contributed by atoms with Crippen LogP contribution in [0, 0.1) is 11.8 Å². The molecule has 6 aromatic rings. The number of methoxy groups -OCH3 is 2.